The summed E-state index contributed by atoms with van der Waals surface area (Å²) in [5.74, 6) is 0.322. The summed E-state index contributed by atoms with van der Waals surface area (Å²) >= 11 is 1.59. The predicted octanol–water partition coefficient (Wildman–Crippen LogP) is 5.25. The maximum atomic E-state index is 12.7. The minimum absolute atomic E-state index is 0.0956. The van der Waals surface area contributed by atoms with Crippen LogP contribution in [0.15, 0.2) is 83.3 Å². The molecule has 3 aromatic rings. The van der Waals surface area contributed by atoms with Crippen LogP contribution in [0.1, 0.15) is 23.2 Å². The zero-order valence-corrected chi connectivity index (χ0v) is 18.8. The number of carbonyl (C=O) groups is 2. The van der Waals surface area contributed by atoms with Crippen LogP contribution >= 0.6 is 11.8 Å². The number of amides is 2. The number of hydrogen-bond donors (Lipinski definition) is 2. The number of thioether (sulfide) groups is 1. The third-order valence-electron chi connectivity index (χ3n) is 5.17. The number of rotatable bonds is 6. The largest absolute Gasteiger partial charge is 0.322 e. The van der Waals surface area contributed by atoms with Crippen LogP contribution < -0.4 is 10.6 Å². The zero-order valence-electron chi connectivity index (χ0n) is 18.0. The molecule has 1 aromatic heterocycles. The van der Waals surface area contributed by atoms with Gasteiger partial charge in [0.1, 0.15) is 5.82 Å². The van der Waals surface area contributed by atoms with Gasteiger partial charge in [-0.05, 0) is 43.4 Å². The van der Waals surface area contributed by atoms with Crippen molar-refractivity contribution in [1.29, 1.82) is 0 Å². The van der Waals surface area contributed by atoms with E-state index in [0.29, 0.717) is 11.4 Å². The fourth-order valence-electron chi connectivity index (χ4n) is 3.48. The summed E-state index contributed by atoms with van der Waals surface area (Å²) in [6.45, 7) is 0. The van der Waals surface area contributed by atoms with Gasteiger partial charge >= 0.3 is 0 Å². The van der Waals surface area contributed by atoms with Gasteiger partial charge in [0.25, 0.3) is 11.8 Å². The molecule has 1 heterocycles. The van der Waals surface area contributed by atoms with Crippen LogP contribution in [-0.4, -0.2) is 27.9 Å². The molecule has 0 saturated carbocycles. The van der Waals surface area contributed by atoms with E-state index in [0.717, 1.165) is 40.3 Å². The van der Waals surface area contributed by atoms with Gasteiger partial charge in [0.15, 0.2) is 0 Å². The Morgan fingerprint density at radius 2 is 1.66 bits per heavy atom. The van der Waals surface area contributed by atoms with E-state index in [1.165, 1.54) is 0 Å². The monoisotopic (exact) mass is 444 g/mol. The summed E-state index contributed by atoms with van der Waals surface area (Å²) in [5.41, 5.74) is 3.66. The molecule has 162 valence electrons. The Hall–Kier alpha value is -3.58. The van der Waals surface area contributed by atoms with E-state index >= 15 is 0 Å². The maximum Gasteiger partial charge on any atom is 0.256 e. The van der Waals surface area contributed by atoms with Crippen LogP contribution in [0.2, 0.25) is 0 Å². The van der Waals surface area contributed by atoms with Crippen molar-refractivity contribution >= 4 is 35.1 Å². The first-order valence-corrected chi connectivity index (χ1v) is 11.5. The van der Waals surface area contributed by atoms with Gasteiger partial charge < -0.3 is 10.6 Å². The lowest BCUT2D eigenvalue weighted by Gasteiger charge is -2.14. The second-order valence-corrected chi connectivity index (χ2v) is 8.21. The lowest BCUT2D eigenvalue weighted by molar-refractivity contribution is -0.112. The van der Waals surface area contributed by atoms with Crippen molar-refractivity contribution in [2.75, 3.05) is 16.9 Å². The highest BCUT2D eigenvalue weighted by Gasteiger charge is 2.17. The fourth-order valence-corrected chi connectivity index (χ4v) is 4.16. The molecule has 7 heteroatoms. The van der Waals surface area contributed by atoms with Gasteiger partial charge in [-0.15, -0.1) is 11.8 Å². The SMILES string of the molecule is CSC1=CCCC=C1C(=O)Nc1ccc(-c2cc(NC(=O)c3ccccc3)n(C)n2)cc1. The van der Waals surface area contributed by atoms with Crippen molar-refractivity contribution < 1.29 is 9.59 Å². The third kappa shape index (κ3) is 4.84. The van der Waals surface area contributed by atoms with E-state index in [9.17, 15) is 9.59 Å². The molecule has 2 aromatic carbocycles. The molecule has 2 amide bonds. The van der Waals surface area contributed by atoms with Crippen LogP contribution in [0.3, 0.4) is 0 Å². The first-order valence-electron chi connectivity index (χ1n) is 10.3. The number of anilines is 2. The van der Waals surface area contributed by atoms with E-state index in [4.69, 9.17) is 0 Å². The number of nitrogens with one attached hydrogen (secondary N) is 2. The molecular weight excluding hydrogens is 420 g/mol. The Balaban J connectivity index is 1.45. The van der Waals surface area contributed by atoms with E-state index in [1.54, 1.807) is 35.6 Å². The topological polar surface area (TPSA) is 76.0 Å². The Kier molecular flexibility index (Phi) is 6.56. The summed E-state index contributed by atoms with van der Waals surface area (Å²) in [5, 5.41) is 10.4. The van der Waals surface area contributed by atoms with Crippen molar-refractivity contribution in [3.8, 4) is 11.3 Å². The highest BCUT2D eigenvalue weighted by atomic mass is 32.2. The minimum Gasteiger partial charge on any atom is -0.322 e. The molecule has 1 aliphatic rings. The smallest absolute Gasteiger partial charge is 0.256 e. The summed E-state index contributed by atoms with van der Waals surface area (Å²) in [4.78, 5) is 26.1. The van der Waals surface area contributed by atoms with Crippen molar-refractivity contribution in [1.82, 2.24) is 9.78 Å². The molecule has 0 radical (unpaired) electrons. The minimum atomic E-state index is -0.186. The molecule has 0 unspecified atom stereocenters. The number of nitrogens with zero attached hydrogens (tertiary/aromatic N) is 2. The van der Waals surface area contributed by atoms with E-state index in [-0.39, 0.29) is 11.8 Å². The predicted molar refractivity (Wildman–Crippen MR) is 131 cm³/mol. The first-order chi connectivity index (χ1) is 15.5. The van der Waals surface area contributed by atoms with Gasteiger partial charge in [0.2, 0.25) is 0 Å². The molecule has 4 rings (SSSR count). The highest BCUT2D eigenvalue weighted by molar-refractivity contribution is 8.02. The van der Waals surface area contributed by atoms with Gasteiger partial charge in [-0.3, -0.25) is 14.3 Å². The van der Waals surface area contributed by atoms with Crippen LogP contribution in [0.4, 0.5) is 11.5 Å². The van der Waals surface area contributed by atoms with E-state index in [1.807, 2.05) is 60.9 Å². The van der Waals surface area contributed by atoms with Crippen LogP contribution in [-0.2, 0) is 11.8 Å². The van der Waals surface area contributed by atoms with Gasteiger partial charge in [-0.1, -0.05) is 42.5 Å². The van der Waals surface area contributed by atoms with Gasteiger partial charge in [-0.25, -0.2) is 0 Å². The van der Waals surface area contributed by atoms with Gasteiger partial charge in [-0.2, -0.15) is 5.10 Å². The quantitative estimate of drug-likeness (QED) is 0.545. The Morgan fingerprint density at radius 1 is 0.938 bits per heavy atom. The molecule has 0 spiro atoms. The lowest BCUT2D eigenvalue weighted by atomic mass is 10.1. The average molecular weight is 445 g/mol. The zero-order chi connectivity index (χ0) is 22.5. The number of hydrogen-bond acceptors (Lipinski definition) is 4. The standard InChI is InChI=1S/C25H24N4O2S/c1-29-23(27-24(30)18-8-4-3-5-9-18)16-21(28-29)17-12-14-19(15-13-17)26-25(31)20-10-6-7-11-22(20)32-2/h3-5,8-16H,6-7H2,1-2H3,(H,26,31)(H,27,30). The molecule has 0 atom stereocenters. The number of allylic oxidation sites excluding steroid dienone is 2. The molecule has 0 aliphatic heterocycles. The van der Waals surface area contributed by atoms with Crippen molar-refractivity contribution in [2.45, 2.75) is 12.8 Å². The summed E-state index contributed by atoms with van der Waals surface area (Å²) in [7, 11) is 1.79. The third-order valence-corrected chi connectivity index (χ3v) is 6.00. The summed E-state index contributed by atoms with van der Waals surface area (Å²) < 4.78 is 1.64. The molecule has 0 saturated heterocycles. The summed E-state index contributed by atoms with van der Waals surface area (Å²) in [6, 6.07) is 18.4. The Bertz CT molecular complexity index is 1190. The number of aryl methyl sites for hydroxylation is 1. The molecule has 0 fully saturated rings. The fraction of sp³-hybridized carbons (Fsp3) is 0.160. The van der Waals surface area contributed by atoms with Crippen LogP contribution in [0.5, 0.6) is 0 Å². The van der Waals surface area contributed by atoms with E-state index < -0.39 is 0 Å². The van der Waals surface area contributed by atoms with Gasteiger partial charge in [0, 0.05) is 40.4 Å². The van der Waals surface area contributed by atoms with Gasteiger partial charge in [0.05, 0.1) is 5.69 Å². The molecule has 2 N–H and O–H groups in total. The first kappa shape index (κ1) is 21.6. The van der Waals surface area contributed by atoms with Crippen molar-refractivity contribution in [2.24, 2.45) is 7.05 Å². The number of carbonyl (C=O) groups excluding carboxylic acids is 2. The summed E-state index contributed by atoms with van der Waals surface area (Å²) in [6.07, 6.45) is 7.94. The molecule has 6 nitrogen and oxygen atoms in total. The Morgan fingerprint density at radius 3 is 2.38 bits per heavy atom. The second-order valence-electron chi connectivity index (χ2n) is 7.36. The second kappa shape index (κ2) is 9.70. The van der Waals surface area contributed by atoms with Crippen molar-refractivity contribution in [3.05, 3.63) is 88.9 Å². The molecule has 0 bridgehead atoms. The number of aromatic nitrogens is 2. The maximum absolute atomic E-state index is 12.7. The van der Waals surface area contributed by atoms with E-state index in [2.05, 4.69) is 21.8 Å². The average Bonchev–Trinajstić information content (AvgIpc) is 3.20. The number of benzene rings is 2. The molecular formula is C25H24N4O2S. The molecule has 1 aliphatic carbocycles. The molecule has 32 heavy (non-hydrogen) atoms. The Labute approximate surface area is 191 Å². The highest BCUT2D eigenvalue weighted by Crippen LogP contribution is 2.29. The normalized spacial score (nSPS) is 13.2. The van der Waals surface area contributed by atoms with Crippen molar-refractivity contribution in [3.63, 3.8) is 0 Å². The van der Waals surface area contributed by atoms with Crippen LogP contribution in [0, 0.1) is 0 Å². The van der Waals surface area contributed by atoms with Crippen LogP contribution in [0.25, 0.3) is 11.3 Å². The lowest BCUT2D eigenvalue weighted by Crippen LogP contribution is -2.16.